The predicted octanol–water partition coefficient (Wildman–Crippen LogP) is 2.25. The highest BCUT2D eigenvalue weighted by molar-refractivity contribution is 5.85. The maximum atomic E-state index is 13.4. The van der Waals surface area contributed by atoms with Crippen molar-refractivity contribution < 1.29 is 13.9 Å². The van der Waals surface area contributed by atoms with E-state index in [1.54, 1.807) is 18.2 Å². The number of rotatable bonds is 5. The Kier molecular flexibility index (Phi) is 6.18. The Balaban J connectivity index is 0.00000176. The first-order chi connectivity index (χ1) is 10.3. The second-order valence-corrected chi connectivity index (χ2v) is 4.91. The van der Waals surface area contributed by atoms with Gasteiger partial charge in [-0.2, -0.15) is 5.10 Å². The molecule has 1 aliphatic heterocycles. The molecule has 0 aliphatic carbocycles. The lowest BCUT2D eigenvalue weighted by Gasteiger charge is -2.21. The molecule has 1 atom stereocenters. The number of halogens is 2. The summed E-state index contributed by atoms with van der Waals surface area (Å²) in [6.45, 7) is 2.75. The quantitative estimate of drug-likeness (QED) is 0.884. The normalized spacial score (nSPS) is 17.8. The zero-order valence-electron chi connectivity index (χ0n) is 12.0. The van der Waals surface area contributed by atoms with Gasteiger partial charge in [0.2, 0.25) is 0 Å². The number of ether oxygens (including phenoxy) is 2. The second kappa shape index (κ2) is 8.12. The molecule has 120 valence electrons. The Morgan fingerprint density at radius 1 is 1.36 bits per heavy atom. The molecular formula is C15H19ClFN3O2. The number of morpholine rings is 1. The molecule has 1 aromatic heterocycles. The van der Waals surface area contributed by atoms with Gasteiger partial charge in [0.25, 0.3) is 0 Å². The van der Waals surface area contributed by atoms with Gasteiger partial charge in [0.15, 0.2) is 11.6 Å². The van der Waals surface area contributed by atoms with Gasteiger partial charge in [-0.3, -0.25) is 5.10 Å². The molecule has 0 bridgehead atoms. The number of hydrogen-bond donors (Lipinski definition) is 2. The fraction of sp³-hybridized carbons (Fsp3) is 0.400. The van der Waals surface area contributed by atoms with E-state index in [-0.39, 0.29) is 30.1 Å². The Morgan fingerprint density at radius 2 is 2.23 bits per heavy atom. The topological polar surface area (TPSA) is 59.2 Å². The number of aromatic amines is 1. The molecule has 0 radical (unpaired) electrons. The minimum absolute atomic E-state index is 0. The molecule has 0 amide bonds. The van der Waals surface area contributed by atoms with Gasteiger partial charge < -0.3 is 14.8 Å². The predicted molar refractivity (Wildman–Crippen MR) is 83.0 cm³/mol. The zero-order chi connectivity index (χ0) is 14.5. The maximum absolute atomic E-state index is 13.4. The molecule has 22 heavy (non-hydrogen) atoms. The summed E-state index contributed by atoms with van der Waals surface area (Å²) < 4.78 is 24.5. The number of para-hydroxylation sites is 1. The van der Waals surface area contributed by atoms with Crippen molar-refractivity contribution in [2.75, 3.05) is 26.3 Å². The van der Waals surface area contributed by atoms with Gasteiger partial charge in [-0.05, 0) is 18.2 Å². The second-order valence-electron chi connectivity index (χ2n) is 4.91. The van der Waals surface area contributed by atoms with Crippen molar-refractivity contribution in [1.29, 1.82) is 0 Å². The van der Waals surface area contributed by atoms with Crippen LogP contribution in [0.1, 0.15) is 17.5 Å². The number of nitrogens with one attached hydrogen (secondary N) is 2. The van der Waals surface area contributed by atoms with Crippen LogP contribution >= 0.6 is 12.4 Å². The zero-order valence-corrected chi connectivity index (χ0v) is 12.9. The summed E-state index contributed by atoms with van der Waals surface area (Å²) >= 11 is 0. The molecular weight excluding hydrogens is 309 g/mol. The average molecular weight is 328 g/mol. The largest absolute Gasteiger partial charge is 0.490 e. The molecule has 3 rings (SSSR count). The van der Waals surface area contributed by atoms with Gasteiger partial charge in [0, 0.05) is 25.2 Å². The Hall–Kier alpha value is -1.63. The van der Waals surface area contributed by atoms with Gasteiger partial charge in [0.05, 0.1) is 18.9 Å². The van der Waals surface area contributed by atoms with E-state index in [9.17, 15) is 4.39 Å². The van der Waals surface area contributed by atoms with E-state index in [4.69, 9.17) is 9.47 Å². The third-order valence-corrected chi connectivity index (χ3v) is 3.37. The molecule has 0 saturated carbocycles. The number of benzene rings is 1. The fourth-order valence-electron chi connectivity index (χ4n) is 2.26. The lowest BCUT2D eigenvalue weighted by Crippen LogP contribution is -2.33. The van der Waals surface area contributed by atoms with E-state index in [1.807, 2.05) is 6.07 Å². The molecule has 2 N–H and O–H groups in total. The summed E-state index contributed by atoms with van der Waals surface area (Å²) in [5, 5.41) is 10.5. The minimum atomic E-state index is -0.343. The summed E-state index contributed by atoms with van der Waals surface area (Å²) in [4.78, 5) is 0. The first kappa shape index (κ1) is 16.7. The van der Waals surface area contributed by atoms with E-state index in [0.29, 0.717) is 19.6 Å². The molecule has 1 fully saturated rings. The van der Waals surface area contributed by atoms with Crippen molar-refractivity contribution in [3.63, 3.8) is 0 Å². The van der Waals surface area contributed by atoms with Crippen LogP contribution in [0.2, 0.25) is 0 Å². The highest BCUT2D eigenvalue weighted by Gasteiger charge is 2.18. The van der Waals surface area contributed by atoms with Crippen molar-refractivity contribution in [3.05, 3.63) is 47.5 Å². The van der Waals surface area contributed by atoms with Crippen molar-refractivity contribution in [2.24, 2.45) is 0 Å². The highest BCUT2D eigenvalue weighted by atomic mass is 35.5. The molecule has 1 aromatic carbocycles. The van der Waals surface area contributed by atoms with Crippen LogP contribution in [0.25, 0.3) is 0 Å². The smallest absolute Gasteiger partial charge is 0.165 e. The lowest BCUT2D eigenvalue weighted by molar-refractivity contribution is 0.0250. The number of hydrogen-bond acceptors (Lipinski definition) is 4. The number of aromatic nitrogens is 2. The van der Waals surface area contributed by atoms with E-state index < -0.39 is 0 Å². The Labute approximate surface area is 134 Å². The maximum Gasteiger partial charge on any atom is 0.165 e. The molecule has 2 heterocycles. The minimum Gasteiger partial charge on any atom is -0.490 e. The summed E-state index contributed by atoms with van der Waals surface area (Å²) in [5.41, 5.74) is 1.85. The number of nitrogens with zero attached hydrogens (tertiary/aromatic N) is 1. The van der Waals surface area contributed by atoms with E-state index in [2.05, 4.69) is 15.5 Å². The van der Waals surface area contributed by atoms with Gasteiger partial charge in [0.1, 0.15) is 6.10 Å². The summed E-state index contributed by atoms with van der Waals surface area (Å²) in [6.07, 6.45) is 0.637. The van der Waals surface area contributed by atoms with Gasteiger partial charge in [-0.25, -0.2) is 4.39 Å². The van der Waals surface area contributed by atoms with Crippen LogP contribution < -0.4 is 10.1 Å². The van der Waals surface area contributed by atoms with Crippen LogP contribution in [0.5, 0.6) is 5.75 Å². The van der Waals surface area contributed by atoms with Gasteiger partial charge in [-0.1, -0.05) is 12.1 Å². The summed E-state index contributed by atoms with van der Waals surface area (Å²) in [7, 11) is 0. The van der Waals surface area contributed by atoms with Crippen LogP contribution in [-0.4, -0.2) is 36.5 Å². The SMILES string of the molecule is Cl.Fc1ccccc1OCCc1cc(C2CNCCO2)n[nH]1. The van der Waals surface area contributed by atoms with Crippen molar-refractivity contribution >= 4 is 12.4 Å². The fourth-order valence-corrected chi connectivity index (χ4v) is 2.26. The van der Waals surface area contributed by atoms with Crippen LogP contribution in [0.15, 0.2) is 30.3 Å². The van der Waals surface area contributed by atoms with Crippen LogP contribution in [0.4, 0.5) is 4.39 Å². The monoisotopic (exact) mass is 327 g/mol. The number of H-pyrrole nitrogens is 1. The van der Waals surface area contributed by atoms with Crippen LogP contribution in [-0.2, 0) is 11.2 Å². The third-order valence-electron chi connectivity index (χ3n) is 3.37. The molecule has 1 aliphatic rings. The van der Waals surface area contributed by atoms with Crippen molar-refractivity contribution in [3.8, 4) is 5.75 Å². The molecule has 7 heteroatoms. The van der Waals surface area contributed by atoms with E-state index in [1.165, 1.54) is 6.07 Å². The van der Waals surface area contributed by atoms with Gasteiger partial charge in [-0.15, -0.1) is 12.4 Å². The standard InChI is InChI=1S/C15H18FN3O2.ClH/c16-12-3-1-2-4-14(12)20-7-5-11-9-13(19-18-11)15-10-17-6-8-21-15;/h1-4,9,15,17H,5-8,10H2,(H,18,19);1H. The molecule has 1 unspecified atom stereocenters. The van der Waals surface area contributed by atoms with Crippen LogP contribution in [0, 0.1) is 5.82 Å². The summed E-state index contributed by atoms with van der Waals surface area (Å²) in [6, 6.07) is 8.37. The first-order valence-electron chi connectivity index (χ1n) is 7.07. The molecule has 1 saturated heterocycles. The average Bonchev–Trinajstić information content (AvgIpc) is 2.99. The van der Waals surface area contributed by atoms with E-state index in [0.717, 1.165) is 24.5 Å². The lowest BCUT2D eigenvalue weighted by atomic mass is 10.2. The van der Waals surface area contributed by atoms with E-state index >= 15 is 0 Å². The van der Waals surface area contributed by atoms with Gasteiger partial charge >= 0.3 is 0 Å². The summed E-state index contributed by atoms with van der Waals surface area (Å²) in [5.74, 6) is -0.0680. The molecule has 2 aromatic rings. The highest BCUT2D eigenvalue weighted by Crippen LogP contribution is 2.18. The van der Waals surface area contributed by atoms with Crippen molar-refractivity contribution in [1.82, 2.24) is 15.5 Å². The molecule has 5 nitrogen and oxygen atoms in total. The Morgan fingerprint density at radius 3 is 3.00 bits per heavy atom. The van der Waals surface area contributed by atoms with Crippen LogP contribution in [0.3, 0.4) is 0 Å². The molecule has 0 spiro atoms. The van der Waals surface area contributed by atoms with Crippen molar-refractivity contribution in [2.45, 2.75) is 12.5 Å². The third kappa shape index (κ3) is 4.19. The Bertz CT molecular complexity index is 588. The first-order valence-corrected chi connectivity index (χ1v) is 7.07.